The number of hydrogen-bond acceptors (Lipinski definition) is 3. The molecule has 4 heteroatoms. The first kappa shape index (κ1) is 15.4. The number of ether oxygens (including phenoxy) is 1. The van der Waals surface area contributed by atoms with Crippen LogP contribution in [0.1, 0.15) is 46.0 Å². The van der Waals surface area contributed by atoms with Gasteiger partial charge in [0, 0.05) is 13.7 Å². The summed E-state index contributed by atoms with van der Waals surface area (Å²) >= 11 is 0. The molecule has 1 fully saturated rings. The van der Waals surface area contributed by atoms with E-state index in [-0.39, 0.29) is 11.5 Å². The van der Waals surface area contributed by atoms with Crippen molar-refractivity contribution in [1.82, 2.24) is 5.32 Å². The third kappa shape index (κ3) is 4.94. The molecule has 3 N–H and O–H groups in total. The van der Waals surface area contributed by atoms with Crippen LogP contribution in [-0.2, 0) is 9.53 Å². The van der Waals surface area contributed by atoms with Crippen molar-refractivity contribution in [3.8, 4) is 0 Å². The van der Waals surface area contributed by atoms with E-state index >= 15 is 0 Å². The average molecular weight is 256 g/mol. The van der Waals surface area contributed by atoms with E-state index in [0.29, 0.717) is 18.3 Å². The highest BCUT2D eigenvalue weighted by atomic mass is 16.5. The number of nitrogens with two attached hydrogens (primary N) is 1. The number of methoxy groups -OCH3 is 1. The van der Waals surface area contributed by atoms with Gasteiger partial charge in [0.05, 0.1) is 12.0 Å². The number of amides is 1. The molecule has 0 radical (unpaired) electrons. The number of rotatable bonds is 6. The molecule has 0 spiro atoms. The van der Waals surface area contributed by atoms with Crippen molar-refractivity contribution in [2.45, 2.75) is 51.6 Å². The van der Waals surface area contributed by atoms with Crippen LogP contribution in [0, 0.1) is 11.8 Å². The molecule has 2 atom stereocenters. The molecule has 106 valence electrons. The lowest BCUT2D eigenvalue weighted by Gasteiger charge is -2.31. The van der Waals surface area contributed by atoms with Crippen LogP contribution >= 0.6 is 0 Å². The molecule has 4 nitrogen and oxygen atoms in total. The Labute approximate surface area is 111 Å². The van der Waals surface area contributed by atoms with Crippen LogP contribution in [0.4, 0.5) is 0 Å². The maximum atomic E-state index is 11.8. The van der Waals surface area contributed by atoms with Gasteiger partial charge in [0.25, 0.3) is 0 Å². The third-order valence-electron chi connectivity index (χ3n) is 4.07. The van der Waals surface area contributed by atoms with E-state index in [4.69, 9.17) is 10.5 Å². The second kappa shape index (κ2) is 7.10. The van der Waals surface area contributed by atoms with E-state index in [1.165, 1.54) is 25.7 Å². The highest BCUT2D eigenvalue weighted by molar-refractivity contribution is 5.76. The molecule has 2 unspecified atom stereocenters. The third-order valence-corrected chi connectivity index (χ3v) is 4.07. The molecule has 0 heterocycles. The van der Waals surface area contributed by atoms with E-state index in [0.717, 1.165) is 13.1 Å². The van der Waals surface area contributed by atoms with Crippen molar-refractivity contribution >= 4 is 5.91 Å². The van der Waals surface area contributed by atoms with E-state index in [9.17, 15) is 4.79 Å². The first-order valence-corrected chi connectivity index (χ1v) is 7.00. The van der Waals surface area contributed by atoms with Crippen molar-refractivity contribution < 1.29 is 9.53 Å². The Hall–Kier alpha value is -0.610. The molecule has 0 aromatic carbocycles. The molecular formula is C14H28N2O2. The van der Waals surface area contributed by atoms with Crippen molar-refractivity contribution in [2.75, 3.05) is 20.2 Å². The minimum Gasteiger partial charge on any atom is -0.378 e. The van der Waals surface area contributed by atoms with E-state index in [1.807, 2.05) is 13.8 Å². The quantitative estimate of drug-likeness (QED) is 0.760. The van der Waals surface area contributed by atoms with Gasteiger partial charge in [0.15, 0.2) is 0 Å². The van der Waals surface area contributed by atoms with Crippen LogP contribution in [-0.4, -0.2) is 31.7 Å². The Balaban J connectivity index is 2.33. The lowest BCUT2D eigenvalue weighted by Crippen LogP contribution is -2.39. The van der Waals surface area contributed by atoms with Gasteiger partial charge in [0.1, 0.15) is 0 Å². The lowest BCUT2D eigenvalue weighted by atomic mass is 9.79. The monoisotopic (exact) mass is 256 g/mol. The SMILES string of the molecule is COC(C)(C)CC(=O)NCC1CCCCC1CN. The molecule has 1 amide bonds. The fourth-order valence-corrected chi connectivity index (χ4v) is 2.63. The van der Waals surface area contributed by atoms with Crippen LogP contribution < -0.4 is 11.1 Å². The highest BCUT2D eigenvalue weighted by Crippen LogP contribution is 2.28. The van der Waals surface area contributed by atoms with Gasteiger partial charge in [-0.05, 0) is 45.1 Å². The minimum absolute atomic E-state index is 0.0724. The van der Waals surface area contributed by atoms with Gasteiger partial charge in [-0.1, -0.05) is 12.8 Å². The normalized spacial score (nSPS) is 24.9. The Kier molecular flexibility index (Phi) is 6.09. The minimum atomic E-state index is -0.385. The largest absolute Gasteiger partial charge is 0.378 e. The fourth-order valence-electron chi connectivity index (χ4n) is 2.63. The van der Waals surface area contributed by atoms with E-state index in [1.54, 1.807) is 7.11 Å². The predicted molar refractivity (Wildman–Crippen MR) is 73.2 cm³/mol. The first-order chi connectivity index (χ1) is 8.48. The Morgan fingerprint density at radius 1 is 1.33 bits per heavy atom. The van der Waals surface area contributed by atoms with Crippen molar-refractivity contribution in [1.29, 1.82) is 0 Å². The molecule has 1 rings (SSSR count). The summed E-state index contributed by atoms with van der Waals surface area (Å²) in [5.74, 6) is 1.20. The number of nitrogens with one attached hydrogen (secondary N) is 1. The van der Waals surface area contributed by atoms with Gasteiger partial charge in [-0.2, -0.15) is 0 Å². The van der Waals surface area contributed by atoms with E-state index < -0.39 is 0 Å². The second-order valence-corrected chi connectivity index (χ2v) is 5.98. The topological polar surface area (TPSA) is 64.3 Å². The van der Waals surface area contributed by atoms with Gasteiger partial charge in [-0.25, -0.2) is 0 Å². The molecular weight excluding hydrogens is 228 g/mol. The average Bonchev–Trinajstić information content (AvgIpc) is 2.36. The highest BCUT2D eigenvalue weighted by Gasteiger charge is 2.25. The Morgan fingerprint density at radius 2 is 1.94 bits per heavy atom. The van der Waals surface area contributed by atoms with Gasteiger partial charge >= 0.3 is 0 Å². The molecule has 1 aliphatic rings. The van der Waals surface area contributed by atoms with Crippen molar-refractivity contribution in [3.63, 3.8) is 0 Å². The molecule has 0 bridgehead atoms. The standard InChI is InChI=1S/C14H28N2O2/c1-14(2,18-3)8-13(17)16-10-12-7-5-4-6-11(12)9-15/h11-12H,4-10,15H2,1-3H3,(H,16,17). The lowest BCUT2D eigenvalue weighted by molar-refractivity contribution is -0.126. The summed E-state index contributed by atoms with van der Waals surface area (Å²) in [5, 5.41) is 3.03. The maximum absolute atomic E-state index is 11.8. The zero-order valence-electron chi connectivity index (χ0n) is 12.0. The van der Waals surface area contributed by atoms with Crippen LogP contribution in [0.15, 0.2) is 0 Å². The molecule has 18 heavy (non-hydrogen) atoms. The summed E-state index contributed by atoms with van der Waals surface area (Å²) in [5.41, 5.74) is 5.41. The Bertz CT molecular complexity index is 267. The van der Waals surface area contributed by atoms with Crippen LogP contribution in [0.25, 0.3) is 0 Å². The Morgan fingerprint density at radius 3 is 2.50 bits per heavy atom. The molecule has 0 aromatic rings. The predicted octanol–water partition coefficient (Wildman–Crippen LogP) is 1.68. The first-order valence-electron chi connectivity index (χ1n) is 7.00. The molecule has 1 aliphatic carbocycles. The zero-order valence-corrected chi connectivity index (χ0v) is 12.0. The van der Waals surface area contributed by atoms with Crippen molar-refractivity contribution in [3.05, 3.63) is 0 Å². The number of carbonyl (C=O) groups excluding carboxylic acids is 1. The summed E-state index contributed by atoms with van der Waals surface area (Å²) in [7, 11) is 1.64. The van der Waals surface area contributed by atoms with Gasteiger partial charge in [0.2, 0.25) is 5.91 Å². The zero-order chi connectivity index (χ0) is 13.6. The van der Waals surface area contributed by atoms with Gasteiger partial charge in [-0.3, -0.25) is 4.79 Å². The molecule has 0 saturated heterocycles. The molecule has 0 aliphatic heterocycles. The summed E-state index contributed by atoms with van der Waals surface area (Å²) in [4.78, 5) is 11.8. The summed E-state index contributed by atoms with van der Waals surface area (Å²) < 4.78 is 5.26. The van der Waals surface area contributed by atoms with Crippen molar-refractivity contribution in [2.24, 2.45) is 17.6 Å². The maximum Gasteiger partial charge on any atom is 0.222 e. The second-order valence-electron chi connectivity index (χ2n) is 5.98. The van der Waals surface area contributed by atoms with Crippen LogP contribution in [0.3, 0.4) is 0 Å². The van der Waals surface area contributed by atoms with Gasteiger partial charge < -0.3 is 15.8 Å². The van der Waals surface area contributed by atoms with Crippen LogP contribution in [0.2, 0.25) is 0 Å². The molecule has 1 saturated carbocycles. The summed E-state index contributed by atoms with van der Waals surface area (Å²) in [6.45, 7) is 5.36. The smallest absolute Gasteiger partial charge is 0.222 e. The number of hydrogen-bond donors (Lipinski definition) is 2. The van der Waals surface area contributed by atoms with E-state index in [2.05, 4.69) is 5.32 Å². The molecule has 0 aromatic heterocycles. The summed E-state index contributed by atoms with van der Waals surface area (Å²) in [6.07, 6.45) is 5.35. The fraction of sp³-hybridized carbons (Fsp3) is 0.929. The summed E-state index contributed by atoms with van der Waals surface area (Å²) in [6, 6.07) is 0. The number of carbonyl (C=O) groups is 1. The van der Waals surface area contributed by atoms with Gasteiger partial charge in [-0.15, -0.1) is 0 Å². The van der Waals surface area contributed by atoms with Crippen LogP contribution in [0.5, 0.6) is 0 Å².